The van der Waals surface area contributed by atoms with Crippen LogP contribution in [-0.2, 0) is 20.7 Å². The second kappa shape index (κ2) is 10.7. The number of esters is 1. The van der Waals surface area contributed by atoms with Crippen molar-refractivity contribution in [2.75, 3.05) is 13.2 Å². The molecule has 2 aromatic rings. The summed E-state index contributed by atoms with van der Waals surface area (Å²) in [6.07, 6.45) is 7.52. The van der Waals surface area contributed by atoms with E-state index in [1.165, 1.54) is 6.42 Å². The highest BCUT2D eigenvalue weighted by atomic mass is 16.5. The Morgan fingerprint density at radius 2 is 1.93 bits per heavy atom. The molecule has 1 aromatic heterocycles. The summed E-state index contributed by atoms with van der Waals surface area (Å²) in [6, 6.07) is 6.64. The number of rotatable bonds is 8. The zero-order chi connectivity index (χ0) is 21.3. The second-order valence-electron chi connectivity index (χ2n) is 7.59. The zero-order valence-corrected chi connectivity index (χ0v) is 17.3. The average molecular weight is 415 g/mol. The number of amides is 3. The predicted octanol–water partition coefficient (Wildman–Crippen LogP) is 2.39. The number of aromatic amines is 1. The molecule has 8 nitrogen and oxygen atoms in total. The van der Waals surface area contributed by atoms with Crippen LogP contribution >= 0.6 is 0 Å². The Bertz CT molecular complexity index is 873. The Morgan fingerprint density at radius 3 is 2.70 bits per heavy atom. The lowest BCUT2D eigenvalue weighted by Gasteiger charge is -2.26. The summed E-state index contributed by atoms with van der Waals surface area (Å²) < 4.78 is 4.81. The van der Waals surface area contributed by atoms with Crippen molar-refractivity contribution in [2.24, 2.45) is 0 Å². The summed E-state index contributed by atoms with van der Waals surface area (Å²) in [5.41, 5.74) is 1.92. The molecule has 0 bridgehead atoms. The molecule has 0 saturated heterocycles. The number of benzene rings is 1. The highest BCUT2D eigenvalue weighted by Gasteiger charge is 2.25. The summed E-state index contributed by atoms with van der Waals surface area (Å²) in [5, 5.41) is 9.29. The van der Waals surface area contributed by atoms with Crippen LogP contribution in [0, 0.1) is 0 Å². The Balaban J connectivity index is 1.68. The van der Waals surface area contributed by atoms with Gasteiger partial charge >= 0.3 is 12.0 Å². The van der Waals surface area contributed by atoms with Crippen molar-refractivity contribution in [2.45, 2.75) is 57.5 Å². The number of H-pyrrole nitrogens is 1. The average Bonchev–Trinajstić information content (AvgIpc) is 3.16. The third kappa shape index (κ3) is 5.98. The van der Waals surface area contributed by atoms with Crippen LogP contribution in [0.4, 0.5) is 4.79 Å². The smallest absolute Gasteiger partial charge is 0.325 e. The molecule has 1 atom stereocenters. The van der Waals surface area contributed by atoms with Gasteiger partial charge in [0.1, 0.15) is 12.6 Å². The van der Waals surface area contributed by atoms with Gasteiger partial charge in [-0.15, -0.1) is 0 Å². The van der Waals surface area contributed by atoms with Crippen molar-refractivity contribution in [3.8, 4) is 0 Å². The standard InChI is InChI=1S/C22H30N4O4/c1-2-30-20(27)14-24-22(29)26-19(21(28)25-16-8-4-3-5-9-16)12-15-13-23-18-11-7-6-10-17(15)18/h6-7,10-11,13,16,19,23H,2-5,8-9,12,14H2,1H3,(H,25,28)(H2,24,26,29). The Hall–Kier alpha value is -3.03. The van der Waals surface area contributed by atoms with Gasteiger partial charge in [0.25, 0.3) is 0 Å². The minimum Gasteiger partial charge on any atom is -0.465 e. The molecular formula is C22H30N4O4. The molecule has 0 spiro atoms. The molecule has 1 fully saturated rings. The van der Waals surface area contributed by atoms with Gasteiger partial charge in [0.15, 0.2) is 0 Å². The Labute approximate surface area is 176 Å². The summed E-state index contributed by atoms with van der Waals surface area (Å²) in [4.78, 5) is 40.0. The number of ether oxygens (including phenoxy) is 1. The first-order chi connectivity index (χ1) is 14.6. The van der Waals surface area contributed by atoms with Gasteiger partial charge < -0.3 is 25.7 Å². The fraction of sp³-hybridized carbons (Fsp3) is 0.500. The Kier molecular flexibility index (Phi) is 7.70. The fourth-order valence-corrected chi connectivity index (χ4v) is 3.85. The molecule has 1 aliphatic rings. The minimum absolute atomic E-state index is 0.140. The van der Waals surface area contributed by atoms with Crippen molar-refractivity contribution in [1.29, 1.82) is 0 Å². The molecule has 162 valence electrons. The van der Waals surface area contributed by atoms with Crippen LogP contribution in [0.25, 0.3) is 10.9 Å². The number of fused-ring (bicyclic) bond motifs is 1. The first-order valence-electron chi connectivity index (χ1n) is 10.6. The van der Waals surface area contributed by atoms with E-state index >= 15 is 0 Å². The van der Waals surface area contributed by atoms with E-state index < -0.39 is 18.0 Å². The maximum absolute atomic E-state index is 13.0. The van der Waals surface area contributed by atoms with Crippen molar-refractivity contribution in [3.63, 3.8) is 0 Å². The summed E-state index contributed by atoms with van der Waals surface area (Å²) in [5.74, 6) is -0.731. The monoisotopic (exact) mass is 414 g/mol. The first-order valence-corrected chi connectivity index (χ1v) is 10.6. The van der Waals surface area contributed by atoms with E-state index in [0.717, 1.165) is 42.1 Å². The highest BCUT2D eigenvalue weighted by Crippen LogP contribution is 2.20. The molecular weight excluding hydrogens is 384 g/mol. The molecule has 1 unspecified atom stereocenters. The van der Waals surface area contributed by atoms with Gasteiger partial charge in [-0.1, -0.05) is 37.5 Å². The highest BCUT2D eigenvalue weighted by molar-refractivity contribution is 5.90. The topological polar surface area (TPSA) is 112 Å². The number of carbonyl (C=O) groups is 3. The van der Waals surface area contributed by atoms with E-state index in [1.54, 1.807) is 6.92 Å². The number of hydrogen-bond donors (Lipinski definition) is 4. The molecule has 0 radical (unpaired) electrons. The number of aromatic nitrogens is 1. The molecule has 30 heavy (non-hydrogen) atoms. The largest absolute Gasteiger partial charge is 0.465 e. The molecule has 3 amide bonds. The van der Waals surface area contributed by atoms with E-state index in [4.69, 9.17) is 4.74 Å². The van der Waals surface area contributed by atoms with Crippen molar-refractivity contribution in [1.82, 2.24) is 20.9 Å². The number of carbonyl (C=O) groups excluding carboxylic acids is 3. The van der Waals surface area contributed by atoms with E-state index in [-0.39, 0.29) is 25.1 Å². The van der Waals surface area contributed by atoms with E-state index in [1.807, 2.05) is 30.5 Å². The van der Waals surface area contributed by atoms with Crippen LogP contribution in [0.2, 0.25) is 0 Å². The lowest BCUT2D eigenvalue weighted by molar-refractivity contribution is -0.141. The zero-order valence-electron chi connectivity index (χ0n) is 17.3. The second-order valence-corrected chi connectivity index (χ2v) is 7.59. The van der Waals surface area contributed by atoms with Crippen LogP contribution in [0.15, 0.2) is 30.5 Å². The molecule has 1 heterocycles. The predicted molar refractivity (Wildman–Crippen MR) is 114 cm³/mol. The van der Waals surface area contributed by atoms with Crippen molar-refractivity contribution in [3.05, 3.63) is 36.0 Å². The van der Waals surface area contributed by atoms with Crippen molar-refractivity contribution < 1.29 is 19.1 Å². The van der Waals surface area contributed by atoms with Gasteiger partial charge in [0, 0.05) is 29.6 Å². The normalized spacial score (nSPS) is 15.4. The van der Waals surface area contributed by atoms with Gasteiger partial charge in [0.2, 0.25) is 5.91 Å². The number of urea groups is 1. The van der Waals surface area contributed by atoms with Crippen LogP contribution in [-0.4, -0.2) is 48.1 Å². The third-order valence-electron chi connectivity index (χ3n) is 5.37. The summed E-state index contributed by atoms with van der Waals surface area (Å²) in [7, 11) is 0. The SMILES string of the molecule is CCOC(=O)CNC(=O)NC(Cc1c[nH]c2ccccc12)C(=O)NC1CCCCC1. The fourth-order valence-electron chi connectivity index (χ4n) is 3.85. The molecule has 8 heteroatoms. The molecule has 0 aliphatic heterocycles. The lowest BCUT2D eigenvalue weighted by atomic mass is 9.95. The molecule has 1 saturated carbocycles. The maximum atomic E-state index is 13.0. The first kappa shape index (κ1) is 21.7. The molecule has 3 rings (SSSR count). The molecule has 1 aliphatic carbocycles. The van der Waals surface area contributed by atoms with Crippen LogP contribution < -0.4 is 16.0 Å². The van der Waals surface area contributed by atoms with Crippen molar-refractivity contribution >= 4 is 28.8 Å². The molecule has 1 aromatic carbocycles. The van der Waals surface area contributed by atoms with Gasteiger partial charge in [-0.3, -0.25) is 9.59 Å². The summed E-state index contributed by atoms with van der Waals surface area (Å²) >= 11 is 0. The number of para-hydroxylation sites is 1. The third-order valence-corrected chi connectivity index (χ3v) is 5.37. The minimum atomic E-state index is -0.756. The van der Waals surface area contributed by atoms with E-state index in [0.29, 0.717) is 6.42 Å². The van der Waals surface area contributed by atoms with Gasteiger partial charge in [-0.2, -0.15) is 0 Å². The maximum Gasteiger partial charge on any atom is 0.325 e. The lowest BCUT2D eigenvalue weighted by Crippen LogP contribution is -2.53. The van der Waals surface area contributed by atoms with Crippen LogP contribution in [0.1, 0.15) is 44.6 Å². The van der Waals surface area contributed by atoms with Gasteiger partial charge in [-0.25, -0.2) is 4.79 Å². The van der Waals surface area contributed by atoms with Gasteiger partial charge in [0.05, 0.1) is 6.61 Å². The quantitative estimate of drug-likeness (QED) is 0.497. The Morgan fingerprint density at radius 1 is 1.17 bits per heavy atom. The van der Waals surface area contributed by atoms with Gasteiger partial charge in [-0.05, 0) is 31.4 Å². The van der Waals surface area contributed by atoms with Crippen LogP contribution in [0.3, 0.4) is 0 Å². The number of hydrogen-bond acceptors (Lipinski definition) is 4. The molecule has 4 N–H and O–H groups in total. The van der Waals surface area contributed by atoms with E-state index in [9.17, 15) is 14.4 Å². The van der Waals surface area contributed by atoms with E-state index in [2.05, 4.69) is 20.9 Å². The summed E-state index contributed by atoms with van der Waals surface area (Å²) in [6.45, 7) is 1.70. The van der Waals surface area contributed by atoms with Crippen LogP contribution in [0.5, 0.6) is 0 Å². The number of nitrogens with one attached hydrogen (secondary N) is 4.